The Morgan fingerprint density at radius 1 is 1.40 bits per heavy atom. The lowest BCUT2D eigenvalue weighted by atomic mass is 9.93. The lowest BCUT2D eigenvalue weighted by Crippen LogP contribution is -2.43. The molecule has 0 radical (unpaired) electrons. The number of pyridine rings is 1. The number of alkyl halides is 3. The molecule has 5 heteroatoms. The molecule has 0 unspecified atom stereocenters. The SMILES string of the molecule is FC(F)(F)c1ncccc1CC1CNC1. The maximum Gasteiger partial charge on any atom is 0.433 e. The summed E-state index contributed by atoms with van der Waals surface area (Å²) in [4.78, 5) is 3.42. The van der Waals surface area contributed by atoms with Crippen molar-refractivity contribution < 1.29 is 13.2 Å². The molecule has 0 saturated carbocycles. The lowest BCUT2D eigenvalue weighted by molar-refractivity contribution is -0.141. The molecule has 82 valence electrons. The number of aromatic nitrogens is 1. The van der Waals surface area contributed by atoms with Crippen molar-refractivity contribution in [2.24, 2.45) is 5.92 Å². The molecule has 15 heavy (non-hydrogen) atoms. The molecule has 2 nitrogen and oxygen atoms in total. The van der Waals surface area contributed by atoms with Gasteiger partial charge in [0.25, 0.3) is 0 Å². The van der Waals surface area contributed by atoms with Crippen LogP contribution in [0.2, 0.25) is 0 Å². The molecule has 1 aliphatic rings. The minimum Gasteiger partial charge on any atom is -0.316 e. The third kappa shape index (κ3) is 2.28. The fourth-order valence-corrected chi connectivity index (χ4v) is 1.66. The summed E-state index contributed by atoms with van der Waals surface area (Å²) in [5.74, 6) is 0.315. The molecule has 0 amide bonds. The largest absolute Gasteiger partial charge is 0.433 e. The van der Waals surface area contributed by atoms with Gasteiger partial charge >= 0.3 is 6.18 Å². The molecule has 0 atom stereocenters. The van der Waals surface area contributed by atoms with E-state index in [4.69, 9.17) is 0 Å². The fraction of sp³-hybridized carbons (Fsp3) is 0.500. The Bertz CT molecular complexity index is 345. The number of rotatable bonds is 2. The van der Waals surface area contributed by atoms with Gasteiger partial charge in [0, 0.05) is 6.20 Å². The molecule has 1 saturated heterocycles. The molecule has 0 spiro atoms. The summed E-state index contributed by atoms with van der Waals surface area (Å²) in [5, 5.41) is 3.04. The van der Waals surface area contributed by atoms with Crippen LogP contribution in [0.15, 0.2) is 18.3 Å². The van der Waals surface area contributed by atoms with E-state index in [0.717, 1.165) is 13.1 Å². The monoisotopic (exact) mass is 216 g/mol. The highest BCUT2D eigenvalue weighted by Crippen LogP contribution is 2.31. The molecule has 1 aromatic rings. The second kappa shape index (κ2) is 3.81. The van der Waals surface area contributed by atoms with Crippen molar-refractivity contribution >= 4 is 0 Å². The number of hydrogen-bond donors (Lipinski definition) is 1. The highest BCUT2D eigenvalue weighted by molar-refractivity contribution is 5.23. The predicted octanol–water partition coefficient (Wildman–Crippen LogP) is 1.86. The molecule has 0 aromatic carbocycles. The molecular formula is C10H11F3N2. The van der Waals surface area contributed by atoms with Gasteiger partial charge in [-0.25, -0.2) is 0 Å². The number of halogens is 3. The van der Waals surface area contributed by atoms with Crippen molar-refractivity contribution in [1.29, 1.82) is 0 Å². The van der Waals surface area contributed by atoms with E-state index in [-0.39, 0.29) is 0 Å². The normalized spacial score (nSPS) is 17.5. The summed E-state index contributed by atoms with van der Waals surface area (Å²) in [5.41, 5.74) is -0.437. The van der Waals surface area contributed by atoms with Crippen molar-refractivity contribution in [2.45, 2.75) is 12.6 Å². The van der Waals surface area contributed by atoms with Crippen LogP contribution < -0.4 is 5.32 Å². The average Bonchev–Trinajstić information content (AvgIpc) is 2.10. The Morgan fingerprint density at radius 3 is 2.67 bits per heavy atom. The molecule has 2 heterocycles. The van der Waals surface area contributed by atoms with Crippen LogP contribution in [0, 0.1) is 5.92 Å². The molecule has 2 rings (SSSR count). The first kappa shape index (κ1) is 10.4. The zero-order chi connectivity index (χ0) is 10.9. The van der Waals surface area contributed by atoms with E-state index < -0.39 is 11.9 Å². The van der Waals surface area contributed by atoms with Crippen LogP contribution in [0.3, 0.4) is 0 Å². The van der Waals surface area contributed by atoms with Crippen LogP contribution in [0.4, 0.5) is 13.2 Å². The molecular weight excluding hydrogens is 205 g/mol. The van der Waals surface area contributed by atoms with Crippen LogP contribution in [-0.2, 0) is 12.6 Å². The first-order valence-electron chi connectivity index (χ1n) is 4.79. The first-order chi connectivity index (χ1) is 7.07. The highest BCUT2D eigenvalue weighted by atomic mass is 19.4. The molecule has 1 aliphatic heterocycles. The van der Waals surface area contributed by atoms with Gasteiger partial charge in [0.05, 0.1) is 0 Å². The Hall–Kier alpha value is -1.10. The van der Waals surface area contributed by atoms with E-state index in [0.29, 0.717) is 17.9 Å². The van der Waals surface area contributed by atoms with E-state index in [1.807, 2.05) is 0 Å². The second-order valence-electron chi connectivity index (χ2n) is 3.74. The van der Waals surface area contributed by atoms with Crippen LogP contribution >= 0.6 is 0 Å². The maximum atomic E-state index is 12.5. The smallest absolute Gasteiger partial charge is 0.316 e. The van der Waals surface area contributed by atoms with Gasteiger partial charge in [0.2, 0.25) is 0 Å². The summed E-state index contributed by atoms with van der Waals surface area (Å²) in [6.45, 7) is 1.60. The number of nitrogens with one attached hydrogen (secondary N) is 1. The summed E-state index contributed by atoms with van der Waals surface area (Å²) in [6, 6.07) is 3.06. The Balaban J connectivity index is 2.21. The maximum absolute atomic E-state index is 12.5. The van der Waals surface area contributed by atoms with Gasteiger partial charge in [-0.3, -0.25) is 4.98 Å². The van der Waals surface area contributed by atoms with E-state index in [9.17, 15) is 13.2 Å². The molecule has 0 bridgehead atoms. The second-order valence-corrected chi connectivity index (χ2v) is 3.74. The van der Waals surface area contributed by atoms with Crippen molar-refractivity contribution in [3.8, 4) is 0 Å². The van der Waals surface area contributed by atoms with Crippen molar-refractivity contribution in [3.05, 3.63) is 29.6 Å². The Morgan fingerprint density at radius 2 is 2.13 bits per heavy atom. The number of hydrogen-bond acceptors (Lipinski definition) is 2. The minimum absolute atomic E-state index is 0.302. The third-order valence-corrected chi connectivity index (χ3v) is 2.53. The fourth-order valence-electron chi connectivity index (χ4n) is 1.66. The molecule has 0 aliphatic carbocycles. The van der Waals surface area contributed by atoms with E-state index in [1.165, 1.54) is 12.3 Å². The van der Waals surface area contributed by atoms with Crippen LogP contribution in [0.25, 0.3) is 0 Å². The summed E-state index contributed by atoms with van der Waals surface area (Å²) < 4.78 is 37.6. The summed E-state index contributed by atoms with van der Waals surface area (Å²) >= 11 is 0. The summed E-state index contributed by atoms with van der Waals surface area (Å²) in [6.07, 6.45) is -2.70. The topological polar surface area (TPSA) is 24.9 Å². The quantitative estimate of drug-likeness (QED) is 0.816. The number of nitrogens with zero attached hydrogens (tertiary/aromatic N) is 1. The van der Waals surface area contributed by atoms with Crippen molar-refractivity contribution in [2.75, 3.05) is 13.1 Å². The molecule has 1 fully saturated rings. The van der Waals surface area contributed by atoms with Crippen molar-refractivity contribution in [3.63, 3.8) is 0 Å². The third-order valence-electron chi connectivity index (χ3n) is 2.53. The lowest BCUT2D eigenvalue weighted by Gasteiger charge is -2.27. The zero-order valence-corrected chi connectivity index (χ0v) is 8.01. The highest BCUT2D eigenvalue weighted by Gasteiger charge is 2.35. The average molecular weight is 216 g/mol. The standard InChI is InChI=1S/C10H11F3N2/c11-10(12,13)9-8(2-1-3-15-9)4-7-5-14-6-7/h1-3,7,14H,4-6H2. The van der Waals surface area contributed by atoms with Gasteiger partial charge in [-0.05, 0) is 37.1 Å². The predicted molar refractivity (Wildman–Crippen MR) is 49.3 cm³/mol. The Labute approximate surface area is 85.5 Å². The van der Waals surface area contributed by atoms with Crippen LogP contribution in [0.5, 0.6) is 0 Å². The van der Waals surface area contributed by atoms with Gasteiger partial charge in [-0.15, -0.1) is 0 Å². The van der Waals surface area contributed by atoms with Crippen LogP contribution in [-0.4, -0.2) is 18.1 Å². The zero-order valence-electron chi connectivity index (χ0n) is 8.01. The van der Waals surface area contributed by atoms with E-state index >= 15 is 0 Å². The first-order valence-corrected chi connectivity index (χ1v) is 4.79. The van der Waals surface area contributed by atoms with Gasteiger partial charge < -0.3 is 5.32 Å². The van der Waals surface area contributed by atoms with Gasteiger partial charge in [-0.1, -0.05) is 6.07 Å². The van der Waals surface area contributed by atoms with E-state index in [2.05, 4.69) is 10.3 Å². The van der Waals surface area contributed by atoms with Crippen LogP contribution in [0.1, 0.15) is 11.3 Å². The Kier molecular flexibility index (Phi) is 2.65. The minimum atomic E-state index is -4.34. The summed E-state index contributed by atoms with van der Waals surface area (Å²) in [7, 11) is 0. The van der Waals surface area contributed by atoms with E-state index in [1.54, 1.807) is 6.07 Å². The molecule has 1 N–H and O–H groups in total. The van der Waals surface area contributed by atoms with Gasteiger partial charge in [0.1, 0.15) is 5.69 Å². The molecule has 1 aromatic heterocycles. The van der Waals surface area contributed by atoms with Gasteiger partial charge in [-0.2, -0.15) is 13.2 Å². The van der Waals surface area contributed by atoms with Crippen molar-refractivity contribution in [1.82, 2.24) is 10.3 Å². The van der Waals surface area contributed by atoms with Gasteiger partial charge in [0.15, 0.2) is 0 Å².